The summed E-state index contributed by atoms with van der Waals surface area (Å²) < 4.78 is 69.5. The summed E-state index contributed by atoms with van der Waals surface area (Å²) >= 11 is 0. The number of aromatic carboxylic acids is 2. The van der Waals surface area contributed by atoms with Gasteiger partial charge in [-0.25, -0.2) is 28.8 Å². The Morgan fingerprint density at radius 3 is 0.875 bits per heavy atom. The number of aliphatic carboxylic acids is 2. The fourth-order valence-electron chi connectivity index (χ4n) is 17.4. The van der Waals surface area contributed by atoms with E-state index in [4.69, 9.17) is 56.8 Å². The average Bonchev–Trinajstić information content (AvgIpc) is 1.54. The molecule has 0 aromatic heterocycles. The Bertz CT molecular complexity index is 6210. The number of hydrogen-bond donors (Lipinski definition) is 4. The van der Waals surface area contributed by atoms with Crippen LogP contribution in [0.5, 0.6) is 23.0 Å². The van der Waals surface area contributed by atoms with Crippen molar-refractivity contribution in [3.05, 3.63) is 358 Å². The first-order chi connectivity index (χ1) is 65.7. The lowest BCUT2D eigenvalue weighted by molar-refractivity contribution is -0.168. The fourth-order valence-corrected chi connectivity index (χ4v) is 17.4. The summed E-state index contributed by atoms with van der Waals surface area (Å²) in [4.78, 5) is 170. The van der Waals surface area contributed by atoms with Crippen LogP contribution in [-0.2, 0) is 87.1 Å². The number of rotatable bonds is 42. The van der Waals surface area contributed by atoms with E-state index in [1.54, 1.807) is 86.7 Å². The van der Waals surface area contributed by atoms with Crippen LogP contribution in [0.15, 0.2) is 280 Å². The van der Waals surface area contributed by atoms with E-state index < -0.39 is 192 Å². The zero-order valence-corrected chi connectivity index (χ0v) is 73.8. The van der Waals surface area contributed by atoms with Crippen LogP contribution in [-0.4, -0.2) is 175 Å². The SMILES string of the molecule is C=CC(=O)OCC(COc1ccc(C2(c3ccc(OCC(COC(=O)CC)OC(=O)C4CC=CCC4C(=O)O)cc3)c3ccccc3-c3ccccc32)cc1)OC(=O)c1ccc(C(=O)c2ccc(C(=O)OC(COC(=O)CC)COc3ccc(C4(c5ccc(OCC(COC(=O)C=C)OC(=O)C6CC=CCC6C(=O)O)cc5)c5ccccc5-c5ccccc54)cc3)c(C(=O)O)c2)cc1C(=O)O. The number of carbonyl (C=O) groups excluding carboxylic acids is 9. The molecule has 696 valence electrons. The second-order valence-electron chi connectivity index (χ2n) is 32.4. The third kappa shape index (κ3) is 21.1. The number of carboxylic acid groups (broad SMARTS) is 4. The van der Waals surface area contributed by atoms with Crippen LogP contribution >= 0.6 is 0 Å². The normalized spacial score (nSPS) is 16.2. The summed E-state index contributed by atoms with van der Waals surface area (Å²) in [6.07, 6.45) is 4.27. The highest BCUT2D eigenvalue weighted by Crippen LogP contribution is 2.58. The van der Waals surface area contributed by atoms with Gasteiger partial charge in [0.15, 0.2) is 30.2 Å². The summed E-state index contributed by atoms with van der Waals surface area (Å²) in [5, 5.41) is 41.0. The van der Waals surface area contributed by atoms with E-state index in [0.717, 1.165) is 115 Å². The number of ketones is 1. The van der Waals surface area contributed by atoms with Crippen molar-refractivity contribution >= 4 is 77.4 Å². The highest BCUT2D eigenvalue weighted by Gasteiger charge is 2.49. The number of carbonyl (C=O) groups is 13. The van der Waals surface area contributed by atoms with Gasteiger partial charge >= 0.3 is 71.6 Å². The van der Waals surface area contributed by atoms with Gasteiger partial charge in [-0.05, 0) is 165 Å². The fraction of sp³-hybridized carbons (Fsp3) is 0.243. The minimum atomic E-state index is -1.69. The molecule has 0 aliphatic heterocycles. The van der Waals surface area contributed by atoms with Gasteiger partial charge in [-0.2, -0.15) is 0 Å². The molecule has 10 aromatic carbocycles. The number of carboxylic acids is 4. The lowest BCUT2D eigenvalue weighted by atomic mass is 9.68. The molecule has 14 rings (SSSR count). The number of esters is 8. The van der Waals surface area contributed by atoms with Gasteiger partial charge in [0.25, 0.3) is 0 Å². The number of allylic oxidation sites excluding steroid dienone is 4. The molecule has 0 radical (unpaired) electrons. The van der Waals surface area contributed by atoms with Gasteiger partial charge in [-0.15, -0.1) is 0 Å². The van der Waals surface area contributed by atoms with Gasteiger partial charge in [0.1, 0.15) is 75.9 Å². The molecule has 136 heavy (non-hydrogen) atoms. The van der Waals surface area contributed by atoms with Crippen molar-refractivity contribution in [2.45, 2.75) is 87.6 Å². The first-order valence-electron chi connectivity index (χ1n) is 43.9. The maximum absolute atomic E-state index is 14.4. The second kappa shape index (κ2) is 43.4. The molecule has 29 heteroatoms. The quantitative estimate of drug-likeness (QED) is 0.00907. The molecule has 0 fully saturated rings. The highest BCUT2D eigenvalue weighted by atomic mass is 16.6. The molecule has 0 spiro atoms. The third-order valence-electron chi connectivity index (χ3n) is 24.1. The Kier molecular flexibility index (Phi) is 30.5. The maximum Gasteiger partial charge on any atom is 0.339 e. The number of benzene rings is 10. The van der Waals surface area contributed by atoms with Gasteiger partial charge in [-0.1, -0.05) is 209 Å². The first-order valence-corrected chi connectivity index (χ1v) is 43.9. The summed E-state index contributed by atoms with van der Waals surface area (Å²) in [5.41, 5.74) is 5.61. The second-order valence-corrected chi connectivity index (χ2v) is 32.4. The Morgan fingerprint density at radius 1 is 0.331 bits per heavy atom. The van der Waals surface area contributed by atoms with Gasteiger partial charge < -0.3 is 77.3 Å². The zero-order chi connectivity index (χ0) is 96.3. The van der Waals surface area contributed by atoms with Gasteiger partial charge in [0.2, 0.25) is 0 Å². The molecule has 0 saturated heterocycles. The summed E-state index contributed by atoms with van der Waals surface area (Å²) in [7, 11) is 0. The Labute approximate surface area is 780 Å². The largest absolute Gasteiger partial charge is 0.490 e. The topological polar surface area (TPSA) is 414 Å². The standard InChI is InChI=1S/C107H94O29/c1-5-93(108)129-59-73(133-102(121)83-27-11-9-25-81(83)98(113)114)55-125-69-43-35-65(36-44-69)106(89-29-17-13-21-77(89)78-22-14-18-30-90(78)106)67-39-47-71(48-40-67)127-57-75(61-131-95(110)7-3)135-104(123)85-51-33-63(53-87(85)100(117)118)97(112)64-34-52-86(88(54-64)101(119)120)105(124)136-76(62-132-96(111)8-4)58-128-72-49-41-68(42-50-72)107(91-31-19-15-23-79(91)80-24-16-20-32-92(80)107)66-37-45-70(46-38-66)126-56-74(60-130-94(109)6-2)134-103(122)84-28-12-10-26-82(84)99(115)116/h5,8-24,29-54,73-76,81-84H,1,4,6-7,25-28,55-62H2,2-3H3,(H,113,114)(H,115,116)(H,117,118)(H,119,120). The van der Waals surface area contributed by atoms with Crippen LogP contribution in [0, 0.1) is 23.7 Å². The average molecular weight is 1840 g/mol. The van der Waals surface area contributed by atoms with E-state index in [1.165, 1.54) is 0 Å². The predicted octanol–water partition coefficient (Wildman–Crippen LogP) is 15.5. The predicted molar refractivity (Wildman–Crippen MR) is 489 cm³/mol. The van der Waals surface area contributed by atoms with Crippen molar-refractivity contribution in [3.63, 3.8) is 0 Å². The van der Waals surface area contributed by atoms with Crippen molar-refractivity contribution in [2.24, 2.45) is 23.7 Å². The lowest BCUT2D eigenvalue weighted by Crippen LogP contribution is -2.37. The van der Waals surface area contributed by atoms with E-state index >= 15 is 0 Å². The van der Waals surface area contributed by atoms with E-state index in [2.05, 4.69) is 13.2 Å². The minimum absolute atomic E-state index is 0.0599. The van der Waals surface area contributed by atoms with Crippen molar-refractivity contribution in [1.29, 1.82) is 0 Å². The van der Waals surface area contributed by atoms with E-state index in [1.807, 2.05) is 146 Å². The molecule has 0 saturated carbocycles. The van der Waals surface area contributed by atoms with Crippen LogP contribution in [0.1, 0.15) is 154 Å². The molecule has 8 unspecified atom stereocenters. The van der Waals surface area contributed by atoms with Crippen molar-refractivity contribution in [2.75, 3.05) is 52.9 Å². The lowest BCUT2D eigenvalue weighted by Gasteiger charge is -2.34. The van der Waals surface area contributed by atoms with Crippen LogP contribution in [0.2, 0.25) is 0 Å². The highest BCUT2D eigenvalue weighted by molar-refractivity contribution is 6.14. The van der Waals surface area contributed by atoms with Crippen LogP contribution < -0.4 is 18.9 Å². The first kappa shape index (κ1) is 95.7. The molecule has 0 amide bonds. The van der Waals surface area contributed by atoms with Crippen LogP contribution in [0.25, 0.3) is 22.3 Å². The number of fused-ring (bicyclic) bond motifs is 6. The third-order valence-corrected chi connectivity index (χ3v) is 24.1. The monoisotopic (exact) mass is 1840 g/mol. The van der Waals surface area contributed by atoms with E-state index in [9.17, 15) is 82.8 Å². The number of ether oxygens (including phenoxy) is 12. The molecule has 10 aromatic rings. The Hall–Kier alpha value is -16.3. The molecule has 0 heterocycles. The zero-order valence-electron chi connectivity index (χ0n) is 73.8. The Balaban J connectivity index is 0.648. The molecule has 29 nitrogen and oxygen atoms in total. The van der Waals surface area contributed by atoms with Crippen molar-refractivity contribution in [3.8, 4) is 45.3 Å². The molecular weight excluding hydrogens is 1750 g/mol. The Morgan fingerprint density at radius 2 is 0.603 bits per heavy atom. The smallest absolute Gasteiger partial charge is 0.339 e. The van der Waals surface area contributed by atoms with Crippen LogP contribution in [0.4, 0.5) is 0 Å². The summed E-state index contributed by atoms with van der Waals surface area (Å²) in [5.74, 6) is -16.2. The summed E-state index contributed by atoms with van der Waals surface area (Å²) in [6, 6.07) is 66.5. The van der Waals surface area contributed by atoms with Gasteiger partial charge in [-0.3, -0.25) is 33.6 Å². The van der Waals surface area contributed by atoms with Crippen LogP contribution in [0.3, 0.4) is 0 Å². The van der Waals surface area contributed by atoms with Crippen molar-refractivity contribution in [1.82, 2.24) is 0 Å². The molecule has 4 N–H and O–H groups in total. The maximum atomic E-state index is 14.4. The minimum Gasteiger partial charge on any atom is -0.490 e. The van der Waals surface area contributed by atoms with Gasteiger partial charge in [0, 0.05) is 36.1 Å². The molecule has 0 bridgehead atoms. The molecule has 4 aliphatic carbocycles. The van der Waals surface area contributed by atoms with Crippen molar-refractivity contribution < 1.29 is 140 Å². The molecular formula is C107H94O29. The molecule has 8 atom stereocenters. The number of hydrogen-bond acceptors (Lipinski definition) is 25. The van der Waals surface area contributed by atoms with Gasteiger partial charge in [0.05, 0.1) is 56.8 Å². The molecule has 4 aliphatic rings. The van der Waals surface area contributed by atoms with E-state index in [-0.39, 0.29) is 81.0 Å². The summed E-state index contributed by atoms with van der Waals surface area (Å²) in [6.45, 7) is 6.71. The van der Waals surface area contributed by atoms with E-state index in [0.29, 0.717) is 11.5 Å².